The van der Waals surface area contributed by atoms with Gasteiger partial charge in [-0.05, 0) is 24.6 Å². The molecule has 0 fully saturated rings. The molecule has 0 N–H and O–H groups in total. The summed E-state index contributed by atoms with van der Waals surface area (Å²) in [5, 5.41) is 0. The Hall–Kier alpha value is -1.90. The average Bonchev–Trinajstić information content (AvgIpc) is 2.30. The van der Waals surface area contributed by atoms with Gasteiger partial charge in [-0.15, -0.1) is 0 Å². The first-order valence-electron chi connectivity index (χ1n) is 4.95. The predicted octanol–water partition coefficient (Wildman–Crippen LogP) is 1.79. The first-order valence-corrected chi connectivity index (χ1v) is 4.95. The Labute approximate surface area is 88.0 Å². The van der Waals surface area contributed by atoms with Gasteiger partial charge in [0.15, 0.2) is 0 Å². The largest absolute Gasteiger partial charge is 0.269 e. The molecule has 0 aromatic carbocycles. The molecule has 0 spiro atoms. The van der Waals surface area contributed by atoms with Crippen molar-refractivity contribution < 1.29 is 0 Å². The third-order valence-corrected chi connectivity index (χ3v) is 2.30. The number of hydrogen-bond donors (Lipinski definition) is 0. The fourth-order valence-electron chi connectivity index (χ4n) is 1.48. The third-order valence-electron chi connectivity index (χ3n) is 2.30. The van der Waals surface area contributed by atoms with Crippen molar-refractivity contribution in [2.24, 2.45) is 0 Å². The van der Waals surface area contributed by atoms with Gasteiger partial charge in [-0.3, -0.25) is 9.36 Å². The Morgan fingerprint density at radius 3 is 2.80 bits per heavy atom. The maximum atomic E-state index is 11.9. The van der Waals surface area contributed by atoms with Crippen LogP contribution in [-0.2, 0) is 6.42 Å². The lowest BCUT2D eigenvalue weighted by molar-refractivity contribution is 0.905. The van der Waals surface area contributed by atoms with Crippen molar-refractivity contribution in [3.63, 3.8) is 0 Å². The van der Waals surface area contributed by atoms with Crippen molar-refractivity contribution in [3.05, 3.63) is 58.6 Å². The molecule has 76 valence electrons. The van der Waals surface area contributed by atoms with E-state index in [1.807, 2.05) is 37.3 Å². The second kappa shape index (κ2) is 4.09. The Kier molecular flexibility index (Phi) is 2.63. The molecule has 0 amide bonds. The topological polar surface area (TPSA) is 34.9 Å². The molecule has 2 aromatic heterocycles. The van der Waals surface area contributed by atoms with Crippen molar-refractivity contribution >= 4 is 0 Å². The van der Waals surface area contributed by atoms with Crippen LogP contribution >= 0.6 is 0 Å². The molecular weight excluding hydrogens is 188 g/mol. The van der Waals surface area contributed by atoms with Crippen LogP contribution in [0.15, 0.2) is 47.5 Å². The molecule has 0 saturated heterocycles. The summed E-state index contributed by atoms with van der Waals surface area (Å²) in [7, 11) is 0. The van der Waals surface area contributed by atoms with E-state index in [-0.39, 0.29) is 5.56 Å². The number of aryl methyl sites for hydroxylation is 1. The highest BCUT2D eigenvalue weighted by molar-refractivity contribution is 5.24. The van der Waals surface area contributed by atoms with E-state index in [2.05, 4.69) is 4.98 Å². The van der Waals surface area contributed by atoms with Crippen LogP contribution in [0.25, 0.3) is 5.82 Å². The maximum absolute atomic E-state index is 11.9. The molecule has 0 aliphatic rings. The molecule has 0 unspecified atom stereocenters. The molecule has 0 radical (unpaired) electrons. The van der Waals surface area contributed by atoms with Crippen LogP contribution in [0.2, 0.25) is 0 Å². The highest BCUT2D eigenvalue weighted by Crippen LogP contribution is 2.00. The van der Waals surface area contributed by atoms with Gasteiger partial charge in [-0.2, -0.15) is 0 Å². The van der Waals surface area contributed by atoms with Crippen molar-refractivity contribution in [2.75, 3.05) is 0 Å². The normalized spacial score (nSPS) is 10.2. The number of pyridine rings is 2. The van der Waals surface area contributed by atoms with Crippen molar-refractivity contribution in [1.29, 1.82) is 0 Å². The van der Waals surface area contributed by atoms with Gasteiger partial charge in [0.25, 0.3) is 5.56 Å². The van der Waals surface area contributed by atoms with Crippen LogP contribution in [0.5, 0.6) is 0 Å². The van der Waals surface area contributed by atoms with Crippen molar-refractivity contribution in [2.45, 2.75) is 13.3 Å². The number of hydrogen-bond acceptors (Lipinski definition) is 2. The molecular formula is C12H12N2O. The summed E-state index contributed by atoms with van der Waals surface area (Å²) < 4.78 is 1.57. The molecule has 0 aliphatic heterocycles. The van der Waals surface area contributed by atoms with Gasteiger partial charge in [0, 0.05) is 18.0 Å². The zero-order chi connectivity index (χ0) is 10.7. The Bertz CT molecular complexity index is 503. The van der Waals surface area contributed by atoms with Crippen LogP contribution in [0.4, 0.5) is 0 Å². The van der Waals surface area contributed by atoms with Gasteiger partial charge >= 0.3 is 0 Å². The second-order valence-electron chi connectivity index (χ2n) is 3.25. The van der Waals surface area contributed by atoms with Gasteiger partial charge in [0.1, 0.15) is 5.82 Å². The molecule has 3 nitrogen and oxygen atoms in total. The van der Waals surface area contributed by atoms with E-state index in [1.165, 1.54) is 0 Å². The molecule has 2 aromatic rings. The molecule has 15 heavy (non-hydrogen) atoms. The Balaban J connectivity index is 2.60. The van der Waals surface area contributed by atoms with Crippen LogP contribution < -0.4 is 5.56 Å². The summed E-state index contributed by atoms with van der Waals surface area (Å²) in [5.41, 5.74) is 0.821. The van der Waals surface area contributed by atoms with Crippen molar-refractivity contribution in [3.8, 4) is 5.82 Å². The molecule has 3 heteroatoms. The second-order valence-corrected chi connectivity index (χ2v) is 3.25. The number of nitrogens with zero attached hydrogens (tertiary/aromatic N) is 2. The summed E-state index contributed by atoms with van der Waals surface area (Å²) in [6.07, 6.45) is 4.16. The lowest BCUT2D eigenvalue weighted by atomic mass is 10.2. The Morgan fingerprint density at radius 2 is 2.13 bits per heavy atom. The van der Waals surface area contributed by atoms with E-state index >= 15 is 0 Å². The summed E-state index contributed by atoms with van der Waals surface area (Å²) in [6.45, 7) is 1.97. The van der Waals surface area contributed by atoms with Crippen LogP contribution in [0.3, 0.4) is 0 Å². The first-order chi connectivity index (χ1) is 7.33. The quantitative estimate of drug-likeness (QED) is 0.740. The summed E-state index contributed by atoms with van der Waals surface area (Å²) in [4.78, 5) is 16.1. The van der Waals surface area contributed by atoms with E-state index in [1.54, 1.807) is 17.0 Å². The number of aromatic nitrogens is 2. The van der Waals surface area contributed by atoms with Crippen LogP contribution in [-0.4, -0.2) is 9.55 Å². The maximum Gasteiger partial charge on any atom is 0.259 e. The van der Waals surface area contributed by atoms with Gasteiger partial charge < -0.3 is 0 Å². The third kappa shape index (κ3) is 1.81. The van der Waals surface area contributed by atoms with E-state index in [4.69, 9.17) is 0 Å². The molecule has 2 heterocycles. The molecule has 0 atom stereocenters. The number of rotatable bonds is 2. The monoisotopic (exact) mass is 200 g/mol. The minimum atomic E-state index is 0.0127. The highest BCUT2D eigenvalue weighted by Gasteiger charge is 2.02. The van der Waals surface area contributed by atoms with E-state index in [0.717, 1.165) is 12.0 Å². The summed E-state index contributed by atoms with van der Waals surface area (Å²) in [6, 6.07) is 9.24. The minimum absolute atomic E-state index is 0.0127. The standard InChI is InChI=1S/C12H12N2O/c1-2-10-6-5-9-14(12(10)15)11-7-3-4-8-13-11/h3-9H,2H2,1H3. The lowest BCUT2D eigenvalue weighted by Crippen LogP contribution is -2.21. The van der Waals surface area contributed by atoms with Gasteiger partial charge in [-0.25, -0.2) is 4.98 Å². The molecule has 2 rings (SSSR count). The van der Waals surface area contributed by atoms with E-state index in [9.17, 15) is 4.79 Å². The zero-order valence-electron chi connectivity index (χ0n) is 8.55. The predicted molar refractivity (Wildman–Crippen MR) is 59.2 cm³/mol. The van der Waals surface area contributed by atoms with Crippen LogP contribution in [0, 0.1) is 0 Å². The smallest absolute Gasteiger partial charge is 0.259 e. The minimum Gasteiger partial charge on any atom is -0.269 e. The van der Waals surface area contributed by atoms with Crippen molar-refractivity contribution in [1.82, 2.24) is 9.55 Å². The van der Waals surface area contributed by atoms with Gasteiger partial charge in [0.2, 0.25) is 0 Å². The first kappa shape index (κ1) is 9.65. The SMILES string of the molecule is CCc1cccn(-c2ccccn2)c1=O. The van der Waals surface area contributed by atoms with E-state index < -0.39 is 0 Å². The summed E-state index contributed by atoms with van der Waals surface area (Å²) >= 11 is 0. The molecule has 0 aliphatic carbocycles. The van der Waals surface area contributed by atoms with Gasteiger partial charge in [0.05, 0.1) is 0 Å². The van der Waals surface area contributed by atoms with Crippen LogP contribution in [0.1, 0.15) is 12.5 Å². The average molecular weight is 200 g/mol. The highest BCUT2D eigenvalue weighted by atomic mass is 16.1. The fourth-order valence-corrected chi connectivity index (χ4v) is 1.48. The Morgan fingerprint density at radius 1 is 1.27 bits per heavy atom. The fraction of sp³-hybridized carbons (Fsp3) is 0.167. The molecule has 0 bridgehead atoms. The van der Waals surface area contributed by atoms with Gasteiger partial charge in [-0.1, -0.05) is 19.1 Å². The van der Waals surface area contributed by atoms with E-state index in [0.29, 0.717) is 5.82 Å². The summed E-state index contributed by atoms with van der Waals surface area (Å²) in [5.74, 6) is 0.665. The zero-order valence-corrected chi connectivity index (χ0v) is 8.55. The molecule has 0 saturated carbocycles. The lowest BCUT2D eigenvalue weighted by Gasteiger charge is -2.05.